The fraction of sp³-hybridized carbons (Fsp3) is 0.975. The Morgan fingerprint density at radius 2 is 0.966 bits per heavy atom. The van der Waals surface area contributed by atoms with Crippen LogP contribution >= 0.6 is 0 Å². The fourth-order valence-corrected chi connectivity index (χ4v) is 7.71. The van der Waals surface area contributed by atoms with E-state index in [1.165, 1.54) is 57.8 Å². The van der Waals surface area contributed by atoms with Crippen molar-refractivity contribution in [2.24, 2.45) is 0 Å². The summed E-state index contributed by atoms with van der Waals surface area (Å²) in [4.78, 5) is 12.6. The van der Waals surface area contributed by atoms with Gasteiger partial charge in [-0.3, -0.25) is 4.79 Å². The number of carbonyl (C=O) groups excluding carboxylic acids is 1. The number of ether oxygens (including phenoxy) is 6. The molecule has 0 bridgehead atoms. The van der Waals surface area contributed by atoms with E-state index >= 15 is 0 Å². The molecule has 3 aliphatic heterocycles. The van der Waals surface area contributed by atoms with Gasteiger partial charge in [0.25, 0.3) is 0 Å². The van der Waals surface area contributed by atoms with Gasteiger partial charge < -0.3 is 89.9 Å². The van der Waals surface area contributed by atoms with Gasteiger partial charge in [-0.1, -0.05) is 97.3 Å². The molecule has 12 N–H and O–H groups in total. The molecule has 3 heterocycles. The predicted molar refractivity (Wildman–Crippen MR) is 208 cm³/mol. The van der Waals surface area contributed by atoms with Crippen LogP contribution in [0.5, 0.6) is 0 Å². The first-order valence-corrected chi connectivity index (χ1v) is 21.8. The van der Waals surface area contributed by atoms with Gasteiger partial charge in [0.1, 0.15) is 73.2 Å². The summed E-state index contributed by atoms with van der Waals surface area (Å²) in [5, 5.41) is 118. The van der Waals surface area contributed by atoms with Crippen molar-refractivity contribution >= 4 is 5.91 Å². The Hall–Kier alpha value is -1.21. The molecule has 17 unspecified atom stereocenters. The third kappa shape index (κ3) is 15.8. The van der Waals surface area contributed by atoms with Gasteiger partial charge in [-0.2, -0.15) is 0 Å². The molecule has 0 aromatic heterocycles. The van der Waals surface area contributed by atoms with Crippen LogP contribution in [0.3, 0.4) is 0 Å². The highest BCUT2D eigenvalue weighted by molar-refractivity contribution is 5.76. The normalized spacial score (nSPS) is 36.3. The topological polar surface area (TPSA) is 307 Å². The van der Waals surface area contributed by atoms with Crippen LogP contribution in [0.1, 0.15) is 117 Å². The summed E-state index contributed by atoms with van der Waals surface area (Å²) in [6.07, 6.45) is -9.95. The highest BCUT2D eigenvalue weighted by Gasteiger charge is 2.53. The third-order valence-corrected chi connectivity index (χ3v) is 11.4. The van der Waals surface area contributed by atoms with E-state index in [0.29, 0.717) is 12.8 Å². The number of rotatable bonds is 28. The van der Waals surface area contributed by atoms with Gasteiger partial charge in [-0.05, 0) is 12.8 Å². The number of carbonyl (C=O) groups is 1. The fourth-order valence-electron chi connectivity index (χ4n) is 7.71. The first kappa shape index (κ1) is 52.1. The maximum atomic E-state index is 12.6. The minimum absolute atomic E-state index is 0.219. The van der Waals surface area contributed by atoms with Gasteiger partial charge in [0.2, 0.25) is 5.91 Å². The molecule has 19 nitrogen and oxygen atoms in total. The van der Waals surface area contributed by atoms with Crippen LogP contribution in [-0.2, 0) is 33.2 Å². The zero-order valence-corrected chi connectivity index (χ0v) is 34.7. The summed E-state index contributed by atoms with van der Waals surface area (Å²) in [6.45, 7) is 1.36. The van der Waals surface area contributed by atoms with Crippen LogP contribution in [-0.4, -0.2) is 193 Å². The predicted octanol–water partition coefficient (Wildman–Crippen LogP) is -1.42. The molecule has 1 amide bonds. The summed E-state index contributed by atoms with van der Waals surface area (Å²) in [6, 6.07) is -0.873. The number of hydrogen-bond acceptors (Lipinski definition) is 18. The van der Waals surface area contributed by atoms with Crippen molar-refractivity contribution in [1.29, 1.82) is 0 Å². The van der Waals surface area contributed by atoms with Crippen LogP contribution in [0.4, 0.5) is 0 Å². The minimum Gasteiger partial charge on any atom is -0.394 e. The number of aliphatic hydroxyl groups excluding tert-OH is 11. The summed E-state index contributed by atoms with van der Waals surface area (Å²) in [7, 11) is 0. The molecule has 3 saturated heterocycles. The van der Waals surface area contributed by atoms with E-state index in [1.807, 2.05) is 6.92 Å². The lowest BCUT2D eigenvalue weighted by atomic mass is 9.96. The smallest absolute Gasteiger partial charge is 0.220 e. The highest BCUT2D eigenvalue weighted by atomic mass is 16.8. The SMILES string of the molecule is CCCCCCCCCCCCCCCC(O)C(COC1OC(CO)C(OC2OC(CO)C(OC3OC(CO)C(O)C(O)C3O)C(O)C2O)C(O)C1O)NC(=O)CCC. The summed E-state index contributed by atoms with van der Waals surface area (Å²) in [5.41, 5.74) is 0. The molecule has 0 spiro atoms. The summed E-state index contributed by atoms with van der Waals surface area (Å²) >= 11 is 0. The van der Waals surface area contributed by atoms with E-state index in [0.717, 1.165) is 25.7 Å². The van der Waals surface area contributed by atoms with E-state index in [4.69, 9.17) is 28.4 Å². The van der Waals surface area contributed by atoms with Gasteiger partial charge in [-0.25, -0.2) is 0 Å². The standard InChI is InChI=1S/C40H75NO18/c1-3-5-6-7-8-9-10-11-12-13-14-15-16-18-24(45)23(41-28(46)17-4-2)22-54-38-34(52)31(49)36(26(20-43)56-38)59-40-35(53)32(50)37(27(21-44)57-40)58-39-33(51)30(48)29(47)25(19-42)55-39/h23-27,29-40,42-45,47-53H,3-22H2,1-2H3,(H,41,46). The number of amides is 1. The molecular formula is C40H75NO18. The molecule has 0 saturated carbocycles. The van der Waals surface area contributed by atoms with E-state index in [9.17, 15) is 61.0 Å². The Morgan fingerprint density at radius 3 is 1.44 bits per heavy atom. The Labute approximate surface area is 347 Å². The lowest BCUT2D eigenvalue weighted by molar-refractivity contribution is -0.379. The maximum Gasteiger partial charge on any atom is 0.220 e. The molecule has 0 aromatic rings. The monoisotopic (exact) mass is 857 g/mol. The highest BCUT2D eigenvalue weighted by Crippen LogP contribution is 2.33. The van der Waals surface area contributed by atoms with E-state index < -0.39 is 124 Å². The van der Waals surface area contributed by atoms with Crippen LogP contribution in [0.2, 0.25) is 0 Å². The van der Waals surface area contributed by atoms with Gasteiger partial charge in [-0.15, -0.1) is 0 Å². The zero-order chi connectivity index (χ0) is 43.5. The molecule has 348 valence electrons. The molecule has 0 aliphatic carbocycles. The largest absolute Gasteiger partial charge is 0.394 e. The Kier molecular flexibility index (Phi) is 24.5. The molecule has 17 atom stereocenters. The van der Waals surface area contributed by atoms with Crippen molar-refractivity contribution in [3.63, 3.8) is 0 Å². The number of unbranched alkanes of at least 4 members (excludes halogenated alkanes) is 12. The summed E-state index contributed by atoms with van der Waals surface area (Å²) < 4.78 is 33.8. The Bertz CT molecular complexity index is 1120. The van der Waals surface area contributed by atoms with Crippen molar-refractivity contribution < 1.29 is 89.4 Å². The van der Waals surface area contributed by atoms with Crippen molar-refractivity contribution in [2.45, 2.75) is 221 Å². The zero-order valence-electron chi connectivity index (χ0n) is 34.7. The first-order valence-electron chi connectivity index (χ1n) is 21.8. The lowest BCUT2D eigenvalue weighted by Crippen LogP contribution is -2.66. The third-order valence-electron chi connectivity index (χ3n) is 11.4. The maximum absolute atomic E-state index is 12.6. The Balaban J connectivity index is 1.52. The molecule has 0 aromatic carbocycles. The van der Waals surface area contributed by atoms with E-state index in [1.54, 1.807) is 0 Å². The van der Waals surface area contributed by atoms with Gasteiger partial charge >= 0.3 is 0 Å². The summed E-state index contributed by atoms with van der Waals surface area (Å²) in [5.74, 6) is -0.299. The number of nitrogens with one attached hydrogen (secondary N) is 1. The molecule has 0 radical (unpaired) electrons. The number of aliphatic hydroxyl groups is 11. The van der Waals surface area contributed by atoms with E-state index in [-0.39, 0.29) is 18.9 Å². The number of hydrogen-bond donors (Lipinski definition) is 12. The van der Waals surface area contributed by atoms with Crippen LogP contribution < -0.4 is 5.32 Å². The second-order valence-corrected chi connectivity index (χ2v) is 16.2. The van der Waals surface area contributed by atoms with Crippen molar-refractivity contribution in [2.75, 3.05) is 26.4 Å². The molecule has 59 heavy (non-hydrogen) atoms. The average molecular weight is 858 g/mol. The second kappa shape index (κ2) is 27.8. The Morgan fingerprint density at radius 1 is 0.542 bits per heavy atom. The van der Waals surface area contributed by atoms with Crippen molar-refractivity contribution in [3.8, 4) is 0 Å². The quantitative estimate of drug-likeness (QED) is 0.0402. The molecule has 3 aliphatic rings. The molecular weight excluding hydrogens is 782 g/mol. The van der Waals surface area contributed by atoms with Gasteiger partial charge in [0, 0.05) is 6.42 Å². The lowest BCUT2D eigenvalue weighted by Gasteiger charge is -2.48. The average Bonchev–Trinajstić information content (AvgIpc) is 3.22. The van der Waals surface area contributed by atoms with Crippen LogP contribution in [0, 0.1) is 0 Å². The molecule has 3 fully saturated rings. The molecule has 19 heteroatoms. The van der Waals surface area contributed by atoms with Crippen LogP contribution in [0.15, 0.2) is 0 Å². The second-order valence-electron chi connectivity index (χ2n) is 16.2. The van der Waals surface area contributed by atoms with Crippen molar-refractivity contribution in [3.05, 3.63) is 0 Å². The first-order chi connectivity index (χ1) is 28.3. The van der Waals surface area contributed by atoms with E-state index in [2.05, 4.69) is 12.2 Å². The van der Waals surface area contributed by atoms with Gasteiger partial charge in [0.05, 0.1) is 38.6 Å². The van der Waals surface area contributed by atoms with Crippen molar-refractivity contribution in [1.82, 2.24) is 5.32 Å². The minimum atomic E-state index is -1.96. The molecule has 3 rings (SSSR count). The van der Waals surface area contributed by atoms with Gasteiger partial charge in [0.15, 0.2) is 18.9 Å². The van der Waals surface area contributed by atoms with Crippen LogP contribution in [0.25, 0.3) is 0 Å².